The zero-order valence-electron chi connectivity index (χ0n) is 14.0. The Bertz CT molecular complexity index is 683. The van der Waals surface area contributed by atoms with Crippen molar-refractivity contribution < 1.29 is 19.1 Å². The number of amides is 3. The zero-order valence-corrected chi connectivity index (χ0v) is 15.5. The molecule has 0 saturated carbocycles. The Morgan fingerprint density at radius 1 is 1.32 bits per heavy atom. The largest absolute Gasteiger partial charge is 0.465 e. The van der Waals surface area contributed by atoms with Crippen molar-refractivity contribution in [3.05, 3.63) is 33.8 Å². The molecular formula is C16H19Cl2N3O4. The monoisotopic (exact) mass is 387 g/mol. The number of benzene rings is 1. The second kappa shape index (κ2) is 8.51. The quantitative estimate of drug-likeness (QED) is 0.529. The van der Waals surface area contributed by atoms with Gasteiger partial charge < -0.3 is 9.64 Å². The molecule has 0 spiro atoms. The van der Waals surface area contributed by atoms with Gasteiger partial charge in [-0.2, -0.15) is 0 Å². The molecule has 7 nitrogen and oxygen atoms in total. The van der Waals surface area contributed by atoms with Crippen LogP contribution in [0.3, 0.4) is 0 Å². The Hall–Kier alpha value is -1.83. The van der Waals surface area contributed by atoms with E-state index in [4.69, 9.17) is 27.9 Å². The summed E-state index contributed by atoms with van der Waals surface area (Å²) in [6, 6.07) is 4.82. The second-order valence-electron chi connectivity index (χ2n) is 5.63. The van der Waals surface area contributed by atoms with Crippen LogP contribution in [0, 0.1) is 0 Å². The van der Waals surface area contributed by atoms with Gasteiger partial charge in [0.15, 0.2) is 0 Å². The van der Waals surface area contributed by atoms with Gasteiger partial charge in [0.25, 0.3) is 5.91 Å². The van der Waals surface area contributed by atoms with Crippen LogP contribution in [0.5, 0.6) is 0 Å². The standard InChI is InChI=1S/C16H19Cl2N3O4/c1-3-25-14(23)9-21-13(22)8-20(16(21)24)10-19(2)7-11-5-4-6-12(17)15(11)18/h4-6H,3,7-10H2,1-2H3. The Kier molecular flexibility index (Phi) is 6.64. The molecule has 1 aliphatic rings. The SMILES string of the molecule is CCOC(=O)CN1C(=O)CN(CN(C)Cc2cccc(Cl)c2Cl)C1=O. The van der Waals surface area contributed by atoms with E-state index in [1.54, 1.807) is 26.1 Å². The number of nitrogens with zero attached hydrogens (tertiary/aromatic N) is 3. The Balaban J connectivity index is 1.96. The molecule has 0 radical (unpaired) electrons. The molecule has 0 aromatic heterocycles. The van der Waals surface area contributed by atoms with Crippen LogP contribution in [0.4, 0.5) is 4.79 Å². The minimum atomic E-state index is -0.606. The van der Waals surface area contributed by atoms with Crippen molar-refractivity contribution in [1.82, 2.24) is 14.7 Å². The maximum Gasteiger partial charge on any atom is 0.328 e. The summed E-state index contributed by atoms with van der Waals surface area (Å²) in [5.74, 6) is -1.03. The lowest BCUT2D eigenvalue weighted by molar-refractivity contribution is -0.146. The van der Waals surface area contributed by atoms with Gasteiger partial charge in [-0.15, -0.1) is 0 Å². The fourth-order valence-corrected chi connectivity index (χ4v) is 2.88. The van der Waals surface area contributed by atoms with Gasteiger partial charge in [0.2, 0.25) is 0 Å². The van der Waals surface area contributed by atoms with Crippen LogP contribution in [-0.2, 0) is 20.9 Å². The van der Waals surface area contributed by atoms with E-state index in [0.717, 1.165) is 10.5 Å². The number of carbonyl (C=O) groups is 3. The third-order valence-corrected chi connectivity index (χ3v) is 4.46. The summed E-state index contributed by atoms with van der Waals surface area (Å²) in [5.41, 5.74) is 0.818. The molecule has 1 heterocycles. The Labute approximate surface area is 156 Å². The highest BCUT2D eigenvalue weighted by atomic mass is 35.5. The Morgan fingerprint density at radius 2 is 2.04 bits per heavy atom. The summed E-state index contributed by atoms with van der Waals surface area (Å²) in [4.78, 5) is 39.9. The minimum absolute atomic E-state index is 0.0775. The van der Waals surface area contributed by atoms with Crippen molar-refractivity contribution in [3.8, 4) is 0 Å². The lowest BCUT2D eigenvalue weighted by atomic mass is 10.2. The number of hydrogen-bond acceptors (Lipinski definition) is 5. The van der Waals surface area contributed by atoms with Crippen LogP contribution in [0.2, 0.25) is 10.0 Å². The molecule has 25 heavy (non-hydrogen) atoms. The van der Waals surface area contributed by atoms with Gasteiger partial charge in [-0.1, -0.05) is 35.3 Å². The summed E-state index contributed by atoms with van der Waals surface area (Å²) in [6.07, 6.45) is 0. The van der Waals surface area contributed by atoms with E-state index in [-0.39, 0.29) is 26.4 Å². The van der Waals surface area contributed by atoms with Gasteiger partial charge in [-0.25, -0.2) is 4.79 Å². The fourth-order valence-electron chi connectivity index (χ4n) is 2.50. The molecule has 3 amide bonds. The van der Waals surface area contributed by atoms with E-state index < -0.39 is 17.9 Å². The van der Waals surface area contributed by atoms with Crippen molar-refractivity contribution in [2.24, 2.45) is 0 Å². The van der Waals surface area contributed by atoms with Gasteiger partial charge >= 0.3 is 12.0 Å². The van der Waals surface area contributed by atoms with E-state index in [0.29, 0.717) is 16.6 Å². The van der Waals surface area contributed by atoms with Crippen LogP contribution >= 0.6 is 23.2 Å². The molecule has 0 aliphatic carbocycles. The first-order chi connectivity index (χ1) is 11.8. The molecule has 0 bridgehead atoms. The summed E-state index contributed by atoms with van der Waals surface area (Å²) >= 11 is 12.2. The molecule has 1 aromatic carbocycles. The normalized spacial score (nSPS) is 14.6. The summed E-state index contributed by atoms with van der Waals surface area (Å²) in [5, 5.41) is 0.921. The van der Waals surface area contributed by atoms with Gasteiger partial charge in [-0.05, 0) is 25.6 Å². The van der Waals surface area contributed by atoms with Crippen molar-refractivity contribution in [2.75, 3.05) is 33.4 Å². The van der Waals surface area contributed by atoms with Crippen molar-refractivity contribution >= 4 is 41.1 Å². The molecule has 136 valence electrons. The number of urea groups is 1. The third kappa shape index (κ3) is 4.84. The number of carbonyl (C=O) groups excluding carboxylic acids is 3. The second-order valence-corrected chi connectivity index (χ2v) is 6.42. The van der Waals surface area contributed by atoms with E-state index in [1.807, 2.05) is 11.0 Å². The highest BCUT2D eigenvalue weighted by Gasteiger charge is 2.37. The summed E-state index contributed by atoms with van der Waals surface area (Å²) < 4.78 is 4.78. The summed E-state index contributed by atoms with van der Waals surface area (Å²) in [7, 11) is 1.79. The van der Waals surface area contributed by atoms with Crippen LogP contribution in [0.15, 0.2) is 18.2 Å². The smallest absolute Gasteiger partial charge is 0.328 e. The number of imide groups is 1. The van der Waals surface area contributed by atoms with Gasteiger partial charge in [0.05, 0.1) is 23.3 Å². The number of ether oxygens (including phenoxy) is 1. The molecule has 0 unspecified atom stereocenters. The molecule has 9 heteroatoms. The highest BCUT2D eigenvalue weighted by molar-refractivity contribution is 6.42. The average molecular weight is 388 g/mol. The van der Waals surface area contributed by atoms with E-state index in [1.165, 1.54) is 4.90 Å². The third-order valence-electron chi connectivity index (χ3n) is 3.61. The topological polar surface area (TPSA) is 70.2 Å². The Morgan fingerprint density at radius 3 is 2.72 bits per heavy atom. The molecule has 1 fully saturated rings. The molecule has 2 rings (SSSR count). The lowest BCUT2D eigenvalue weighted by Crippen LogP contribution is -2.40. The van der Waals surface area contributed by atoms with Gasteiger partial charge in [-0.3, -0.25) is 19.4 Å². The fraction of sp³-hybridized carbons (Fsp3) is 0.438. The molecule has 1 saturated heterocycles. The lowest BCUT2D eigenvalue weighted by Gasteiger charge is -2.24. The first-order valence-electron chi connectivity index (χ1n) is 7.69. The highest BCUT2D eigenvalue weighted by Crippen LogP contribution is 2.26. The molecule has 1 aliphatic heterocycles. The maximum atomic E-state index is 12.3. The van der Waals surface area contributed by atoms with Crippen LogP contribution in [0.25, 0.3) is 0 Å². The van der Waals surface area contributed by atoms with Crippen molar-refractivity contribution in [2.45, 2.75) is 13.5 Å². The predicted molar refractivity (Wildman–Crippen MR) is 93.2 cm³/mol. The van der Waals surface area contributed by atoms with Crippen LogP contribution in [-0.4, -0.2) is 66.0 Å². The average Bonchev–Trinajstić information content (AvgIpc) is 2.79. The van der Waals surface area contributed by atoms with Crippen molar-refractivity contribution in [3.63, 3.8) is 0 Å². The van der Waals surface area contributed by atoms with E-state index in [2.05, 4.69) is 0 Å². The zero-order chi connectivity index (χ0) is 18.6. The van der Waals surface area contributed by atoms with E-state index >= 15 is 0 Å². The number of halogens is 2. The maximum absolute atomic E-state index is 12.3. The number of esters is 1. The first kappa shape index (κ1) is 19.5. The molecular weight excluding hydrogens is 369 g/mol. The van der Waals surface area contributed by atoms with Gasteiger partial charge in [0.1, 0.15) is 13.1 Å². The number of hydrogen-bond donors (Lipinski definition) is 0. The summed E-state index contributed by atoms with van der Waals surface area (Å²) in [6.45, 7) is 2.08. The molecule has 0 atom stereocenters. The van der Waals surface area contributed by atoms with E-state index in [9.17, 15) is 14.4 Å². The molecule has 1 aromatic rings. The number of rotatable bonds is 7. The van der Waals surface area contributed by atoms with Crippen LogP contribution < -0.4 is 0 Å². The molecule has 0 N–H and O–H groups in total. The first-order valence-corrected chi connectivity index (χ1v) is 8.45. The van der Waals surface area contributed by atoms with Crippen LogP contribution in [0.1, 0.15) is 12.5 Å². The van der Waals surface area contributed by atoms with Gasteiger partial charge in [0, 0.05) is 6.54 Å². The van der Waals surface area contributed by atoms with Crippen molar-refractivity contribution in [1.29, 1.82) is 0 Å². The predicted octanol–water partition coefficient (Wildman–Crippen LogP) is 2.21. The minimum Gasteiger partial charge on any atom is -0.465 e.